The zero-order chi connectivity index (χ0) is 95.8. The molecule has 0 fully saturated rings. The van der Waals surface area contributed by atoms with Crippen LogP contribution in [0.25, 0.3) is 183 Å². The summed E-state index contributed by atoms with van der Waals surface area (Å²) < 4.78 is 0. The van der Waals surface area contributed by atoms with Crippen LogP contribution in [0, 0.1) is 55.4 Å². The highest BCUT2D eigenvalue weighted by molar-refractivity contribution is 6.24. The van der Waals surface area contributed by atoms with Gasteiger partial charge in [-0.05, 0) is 392 Å². The van der Waals surface area contributed by atoms with Gasteiger partial charge in [-0.2, -0.15) is 0 Å². The van der Waals surface area contributed by atoms with E-state index < -0.39 is 0 Å². The van der Waals surface area contributed by atoms with E-state index in [2.05, 4.69) is 499 Å². The van der Waals surface area contributed by atoms with Crippen LogP contribution in [0.3, 0.4) is 0 Å². The molecule has 0 radical (unpaired) electrons. The minimum absolute atomic E-state index is 1.08. The summed E-state index contributed by atoms with van der Waals surface area (Å²) in [4.78, 5) is 0. The average Bonchev–Trinajstić information content (AvgIpc) is 0.742. The maximum absolute atomic E-state index is 2.33. The van der Waals surface area contributed by atoms with Crippen molar-refractivity contribution in [2.24, 2.45) is 0 Å². The lowest BCUT2D eigenvalue weighted by molar-refractivity contribution is 1.14. The molecule has 0 atom stereocenters. The van der Waals surface area contributed by atoms with E-state index in [0.29, 0.717) is 0 Å². The Hall–Kier alpha value is -14.8. The summed E-state index contributed by atoms with van der Waals surface area (Å²) in [5.41, 5.74) is 22.5. The molecule has 0 bridgehead atoms. The van der Waals surface area contributed by atoms with Crippen molar-refractivity contribution in [2.45, 2.75) is 162 Å². The number of fused-ring (bicyclic) bond motifs is 17. The second-order valence-electron chi connectivity index (χ2n) is 37.8. The van der Waals surface area contributed by atoms with Gasteiger partial charge in [0.1, 0.15) is 0 Å². The van der Waals surface area contributed by atoms with Crippen molar-refractivity contribution in [2.75, 3.05) is 0 Å². The molecule has 0 unspecified atom stereocenters. The predicted octanol–water partition coefficient (Wildman–Crippen LogP) is 39.5. The third kappa shape index (κ3) is 19.0. The molecule has 25 aromatic carbocycles. The van der Waals surface area contributed by atoms with Gasteiger partial charge in [-0.1, -0.05) is 430 Å². The molecule has 0 amide bonds. The number of hydrogen-bond donors (Lipinski definition) is 0. The summed E-state index contributed by atoms with van der Waals surface area (Å²) in [6, 6.07) is 142. The van der Waals surface area contributed by atoms with E-state index in [1.807, 2.05) is 0 Å². The van der Waals surface area contributed by atoms with Crippen LogP contribution in [-0.2, 0) is 51.4 Å². The summed E-state index contributed by atoms with van der Waals surface area (Å²) in [5.74, 6) is 0. The van der Waals surface area contributed by atoms with Crippen molar-refractivity contribution >= 4 is 183 Å². The molecule has 0 aliphatic rings. The first-order valence-corrected chi connectivity index (χ1v) is 50.4. The van der Waals surface area contributed by atoms with Crippen LogP contribution in [0.5, 0.6) is 0 Å². The molecule has 0 nitrogen and oxygen atoms in total. The zero-order valence-corrected chi connectivity index (χ0v) is 83.6. The second-order valence-corrected chi connectivity index (χ2v) is 37.8. The van der Waals surface area contributed by atoms with Crippen molar-refractivity contribution in [3.63, 3.8) is 0 Å². The molecule has 0 aliphatic carbocycles. The van der Waals surface area contributed by atoms with Crippen LogP contribution in [0.15, 0.2) is 388 Å². The number of hydrogen-bond acceptors (Lipinski definition) is 0. The van der Waals surface area contributed by atoms with Gasteiger partial charge in [-0.15, -0.1) is 0 Å². The Morgan fingerprint density at radius 2 is 0.457 bits per heavy atom. The highest BCUT2D eigenvalue weighted by atomic mass is 14.2. The number of benzene rings is 25. The van der Waals surface area contributed by atoms with Crippen LogP contribution < -0.4 is 0 Å². The van der Waals surface area contributed by atoms with Gasteiger partial charge in [-0.25, -0.2) is 0 Å². The van der Waals surface area contributed by atoms with Crippen LogP contribution in [0.2, 0.25) is 0 Å². The summed E-state index contributed by atoms with van der Waals surface area (Å²) >= 11 is 0. The molecule has 0 aromatic heterocycles. The molecule has 138 heavy (non-hydrogen) atoms. The Kier molecular flexibility index (Phi) is 28.3. The monoisotopic (exact) mass is 1790 g/mol. The number of rotatable bonds is 8. The van der Waals surface area contributed by atoms with Crippen molar-refractivity contribution < 1.29 is 0 Å². The fraction of sp³-hybridized carbons (Fsp3) is 0.174. The maximum Gasteiger partial charge on any atom is -0.00266 e. The lowest BCUT2D eigenvalue weighted by Crippen LogP contribution is -1.91. The summed E-state index contributed by atoms with van der Waals surface area (Å²) in [5, 5.41) is 46.8. The van der Waals surface area contributed by atoms with Gasteiger partial charge >= 0.3 is 0 Å². The van der Waals surface area contributed by atoms with E-state index in [1.54, 1.807) is 0 Å². The number of aryl methyl sites for hydroxylation is 16. The fourth-order valence-electron chi connectivity index (χ4n) is 21.8. The third-order valence-corrected chi connectivity index (χ3v) is 29.2. The van der Waals surface area contributed by atoms with Crippen LogP contribution in [0.1, 0.15) is 144 Å². The molecule has 25 aromatic rings. The molecule has 0 N–H and O–H groups in total. The molecule has 0 aliphatic heterocycles. The van der Waals surface area contributed by atoms with Crippen molar-refractivity contribution in [3.8, 4) is 0 Å². The molecule has 680 valence electrons. The summed E-state index contributed by atoms with van der Waals surface area (Å²) in [6.07, 6.45) is 8.74. The normalized spacial score (nSPS) is 11.3. The van der Waals surface area contributed by atoms with Crippen molar-refractivity contribution in [3.05, 3.63) is 477 Å². The van der Waals surface area contributed by atoms with Gasteiger partial charge in [0.05, 0.1) is 0 Å². The minimum atomic E-state index is 1.08. The highest BCUT2D eigenvalue weighted by Gasteiger charge is 2.16. The molecular formula is C138H128. The summed E-state index contributed by atoms with van der Waals surface area (Å²) in [7, 11) is 0. The van der Waals surface area contributed by atoms with Gasteiger partial charge in [0.2, 0.25) is 0 Å². The van der Waals surface area contributed by atoms with Gasteiger partial charge < -0.3 is 0 Å². The van der Waals surface area contributed by atoms with Crippen LogP contribution in [-0.4, -0.2) is 0 Å². The Morgan fingerprint density at radius 1 is 0.138 bits per heavy atom. The topological polar surface area (TPSA) is 0 Å². The van der Waals surface area contributed by atoms with Crippen molar-refractivity contribution in [1.29, 1.82) is 0 Å². The smallest absolute Gasteiger partial charge is 0.00266 e. The van der Waals surface area contributed by atoms with E-state index in [0.717, 1.165) is 51.4 Å². The van der Waals surface area contributed by atoms with Crippen LogP contribution in [0.4, 0.5) is 0 Å². The molecular weight excluding hydrogens is 1660 g/mol. The molecule has 0 saturated carbocycles. The highest BCUT2D eigenvalue weighted by Crippen LogP contribution is 2.41. The van der Waals surface area contributed by atoms with Gasteiger partial charge in [0.25, 0.3) is 0 Å². The lowest BCUT2D eigenvalue weighted by atomic mass is 9.91. The van der Waals surface area contributed by atoms with Gasteiger partial charge in [0.15, 0.2) is 0 Å². The Bertz CT molecular complexity index is 8600. The van der Waals surface area contributed by atoms with Crippen molar-refractivity contribution in [1.82, 2.24) is 0 Å². The quantitative estimate of drug-likeness (QED) is 0.105. The van der Waals surface area contributed by atoms with E-state index in [4.69, 9.17) is 0 Å². The molecule has 0 spiro atoms. The first-order chi connectivity index (χ1) is 67.4. The molecule has 0 heteroatoms. The minimum Gasteiger partial charge on any atom is -0.0616 e. The van der Waals surface area contributed by atoms with E-state index in [1.165, 1.54) is 272 Å². The first-order valence-electron chi connectivity index (χ1n) is 50.4. The molecule has 0 saturated heterocycles. The Balaban J connectivity index is 0.000000105. The SMILES string of the molecule is CCc1c(C)c2ccccc2c2ccccc12.CCc1c2ccccc2c(C)c2ccccc12.CCc1c2ccccc2cc2c(C)cccc12.CCc1cc2ccc3cc(C)cc4ccc(c1)c2c34.CCc1ccc(C)c2cc3ccccc3cc12.CCc1ccc2c(ccc3cc(C)ccc32)c1.CCc1ccc2ccc3ccc(C)cc3c2c1.CCc1cccc2c(C)c3ccccc3cc12. The third-order valence-electron chi connectivity index (χ3n) is 29.2. The predicted molar refractivity (Wildman–Crippen MR) is 613 cm³/mol. The van der Waals surface area contributed by atoms with Crippen LogP contribution >= 0.6 is 0 Å². The largest absolute Gasteiger partial charge is 0.0616 e. The maximum atomic E-state index is 2.33. The second kappa shape index (κ2) is 41.8. The zero-order valence-electron chi connectivity index (χ0n) is 83.6. The fourth-order valence-corrected chi connectivity index (χ4v) is 21.8. The van der Waals surface area contributed by atoms with Gasteiger partial charge in [0, 0.05) is 0 Å². The van der Waals surface area contributed by atoms with E-state index >= 15 is 0 Å². The molecule has 25 rings (SSSR count). The van der Waals surface area contributed by atoms with E-state index in [9.17, 15) is 0 Å². The lowest BCUT2D eigenvalue weighted by Gasteiger charge is -2.13. The van der Waals surface area contributed by atoms with E-state index in [-0.39, 0.29) is 0 Å². The average molecular weight is 1790 g/mol. The molecule has 0 heterocycles. The standard InChI is InChI=1S/C19H16.7C17H16/c1-3-13-10-16-6-4-14-8-12(2)9-15-5-7-17(11-13)19(16)18(14)15;1-3-13-5-9-17-15(11-13)7-6-14-10-12(2)4-8-16(14)17;1-3-13-5-7-15-9-8-14-6-4-12(2)10-16(14)17(15)11-13;1-3-13-16-10-6-4-8-14(16)12(2)15-9-5-7-11-17(13)15;1-3-13-12(2)14-8-4-5-10-16(14)17-11-7-6-9-15(13)17;1-3-14-15-9-5-4-8-13(15)11-17-12(2)7-6-10-16(14)17;1-3-13-8-6-10-16-12(2)15-9-5-4-7-14(15)11-17(13)16;1-3-13-9-8-12(2)16-10-14-6-4-5-7-15(14)11-17(13)16/h4-11H,3H2,1-2H3;7*4-11H,3H2,1-2H3. The van der Waals surface area contributed by atoms with Gasteiger partial charge in [-0.3, -0.25) is 0 Å². The Labute approximate surface area is 816 Å². The Morgan fingerprint density at radius 3 is 1.04 bits per heavy atom. The summed E-state index contributed by atoms with van der Waals surface area (Å²) in [6.45, 7) is 35.3. The first kappa shape index (κ1) is 93.6.